The highest BCUT2D eigenvalue weighted by Gasteiger charge is 2.16. The zero-order valence-corrected chi connectivity index (χ0v) is 12.1. The number of fused-ring (bicyclic) bond motifs is 1. The third-order valence-electron chi connectivity index (χ3n) is 2.81. The lowest BCUT2D eigenvalue weighted by molar-refractivity contribution is 0.848. The summed E-state index contributed by atoms with van der Waals surface area (Å²) in [6.45, 7) is 0. The second-order valence-electron chi connectivity index (χ2n) is 4.07. The van der Waals surface area contributed by atoms with E-state index in [1.165, 1.54) is 22.8 Å². The molecule has 0 atom stereocenters. The van der Waals surface area contributed by atoms with E-state index in [1.54, 1.807) is 17.5 Å². The molecule has 0 amide bonds. The molecule has 0 radical (unpaired) electrons. The Bertz CT molecular complexity index is 894. The molecule has 4 aromatic rings. The maximum absolute atomic E-state index is 6.07. The third-order valence-corrected chi connectivity index (χ3v) is 4.65. The second kappa shape index (κ2) is 4.82. The molecule has 0 aromatic carbocycles. The van der Waals surface area contributed by atoms with Crippen LogP contribution in [0, 0.1) is 0 Å². The van der Waals surface area contributed by atoms with Crippen LogP contribution >= 0.6 is 23.1 Å². The molecule has 0 fully saturated rings. The van der Waals surface area contributed by atoms with Gasteiger partial charge in [0.1, 0.15) is 11.4 Å². The van der Waals surface area contributed by atoms with Gasteiger partial charge in [0, 0.05) is 0 Å². The van der Waals surface area contributed by atoms with Crippen LogP contribution in [0.3, 0.4) is 0 Å². The summed E-state index contributed by atoms with van der Waals surface area (Å²) in [6, 6.07) is 3.90. The van der Waals surface area contributed by atoms with Crippen molar-refractivity contribution < 1.29 is 0 Å². The van der Waals surface area contributed by atoms with Crippen molar-refractivity contribution in [3.05, 3.63) is 30.0 Å². The van der Waals surface area contributed by atoms with E-state index < -0.39 is 0 Å². The predicted molar refractivity (Wildman–Crippen MR) is 79.3 cm³/mol. The standard InChI is InChI=1S/C11H8N8S2/c12-19-9(7-2-1-3-20-7)17-18-11(19)21-10-6-4-15-16-8(6)13-5-14-10/h1-5H,12H2,(H,13,14,15,16). The molecule has 0 unspecified atom stereocenters. The summed E-state index contributed by atoms with van der Waals surface area (Å²) in [5, 5.41) is 19.1. The summed E-state index contributed by atoms with van der Waals surface area (Å²) in [6.07, 6.45) is 3.15. The number of H-pyrrole nitrogens is 1. The first-order valence-electron chi connectivity index (χ1n) is 5.89. The van der Waals surface area contributed by atoms with Crippen molar-refractivity contribution in [3.63, 3.8) is 0 Å². The summed E-state index contributed by atoms with van der Waals surface area (Å²) in [4.78, 5) is 9.31. The molecule has 8 nitrogen and oxygen atoms in total. The number of nitrogens with zero attached hydrogens (tertiary/aromatic N) is 6. The van der Waals surface area contributed by atoms with Gasteiger partial charge in [-0.1, -0.05) is 6.07 Å². The van der Waals surface area contributed by atoms with E-state index in [9.17, 15) is 0 Å². The number of hydrogen-bond acceptors (Lipinski definition) is 8. The van der Waals surface area contributed by atoms with Crippen LogP contribution in [0.4, 0.5) is 0 Å². The first-order valence-corrected chi connectivity index (χ1v) is 7.59. The lowest BCUT2D eigenvalue weighted by Gasteiger charge is -2.02. The van der Waals surface area contributed by atoms with Gasteiger partial charge in [-0.3, -0.25) is 5.10 Å². The van der Waals surface area contributed by atoms with Crippen molar-refractivity contribution in [2.24, 2.45) is 0 Å². The maximum Gasteiger partial charge on any atom is 0.216 e. The van der Waals surface area contributed by atoms with E-state index in [4.69, 9.17) is 5.84 Å². The summed E-state index contributed by atoms with van der Waals surface area (Å²) in [5.41, 5.74) is 0.675. The number of nitrogens with two attached hydrogens (primary N) is 1. The molecule has 104 valence electrons. The Kier molecular flexibility index (Phi) is 2.82. The van der Waals surface area contributed by atoms with Gasteiger partial charge in [0.05, 0.1) is 16.5 Å². The first-order chi connectivity index (χ1) is 10.3. The van der Waals surface area contributed by atoms with E-state index in [2.05, 4.69) is 30.4 Å². The Morgan fingerprint density at radius 2 is 2.24 bits per heavy atom. The molecule has 3 N–H and O–H groups in total. The summed E-state index contributed by atoms with van der Waals surface area (Å²) in [7, 11) is 0. The molecular formula is C11H8N8S2. The molecule has 4 heterocycles. The minimum absolute atomic E-state index is 0.555. The Morgan fingerprint density at radius 3 is 3.10 bits per heavy atom. The maximum atomic E-state index is 6.07. The van der Waals surface area contributed by atoms with Crippen molar-refractivity contribution in [3.8, 4) is 10.7 Å². The molecule has 0 aliphatic rings. The first kappa shape index (κ1) is 12.3. The smallest absolute Gasteiger partial charge is 0.216 e. The summed E-state index contributed by atoms with van der Waals surface area (Å²) < 4.78 is 1.46. The molecule has 0 saturated heterocycles. The average molecular weight is 316 g/mol. The molecule has 21 heavy (non-hydrogen) atoms. The Hall–Kier alpha value is -2.46. The number of aromatic nitrogens is 7. The molecule has 4 rings (SSSR count). The number of thiophene rings is 1. The van der Waals surface area contributed by atoms with E-state index in [0.717, 1.165) is 15.3 Å². The molecule has 0 saturated carbocycles. The van der Waals surface area contributed by atoms with Crippen LogP contribution in [0.2, 0.25) is 0 Å². The van der Waals surface area contributed by atoms with Crippen molar-refractivity contribution in [1.29, 1.82) is 0 Å². The number of nitrogens with one attached hydrogen (secondary N) is 1. The largest absolute Gasteiger partial charge is 0.335 e. The Balaban J connectivity index is 1.74. The normalized spacial score (nSPS) is 11.2. The molecular weight excluding hydrogens is 308 g/mol. The van der Waals surface area contributed by atoms with Gasteiger partial charge in [-0.15, -0.1) is 21.5 Å². The molecule has 0 aliphatic carbocycles. The summed E-state index contributed by atoms with van der Waals surface area (Å²) >= 11 is 2.88. The van der Waals surface area contributed by atoms with Gasteiger partial charge in [0.25, 0.3) is 0 Å². The van der Waals surface area contributed by atoms with Gasteiger partial charge in [0.15, 0.2) is 11.5 Å². The van der Waals surface area contributed by atoms with Crippen LogP contribution in [0.25, 0.3) is 21.7 Å². The molecule has 0 aliphatic heterocycles. The highest BCUT2D eigenvalue weighted by molar-refractivity contribution is 7.99. The Labute approximate surface area is 126 Å². The van der Waals surface area contributed by atoms with Crippen molar-refractivity contribution >= 4 is 34.1 Å². The zero-order chi connectivity index (χ0) is 14.2. The van der Waals surface area contributed by atoms with Crippen LogP contribution in [-0.4, -0.2) is 35.0 Å². The predicted octanol–water partition coefficient (Wildman–Crippen LogP) is 1.54. The quantitative estimate of drug-likeness (QED) is 0.435. The van der Waals surface area contributed by atoms with Gasteiger partial charge in [-0.05, 0) is 23.2 Å². The lowest BCUT2D eigenvalue weighted by Crippen LogP contribution is -2.11. The second-order valence-corrected chi connectivity index (χ2v) is 5.97. The fraction of sp³-hybridized carbons (Fsp3) is 0. The zero-order valence-electron chi connectivity index (χ0n) is 10.5. The van der Waals surface area contributed by atoms with Crippen LogP contribution in [0.5, 0.6) is 0 Å². The highest BCUT2D eigenvalue weighted by Crippen LogP contribution is 2.31. The topological polar surface area (TPSA) is 111 Å². The number of nitrogen functional groups attached to an aromatic ring is 1. The van der Waals surface area contributed by atoms with E-state index in [-0.39, 0.29) is 0 Å². The minimum Gasteiger partial charge on any atom is -0.335 e. The van der Waals surface area contributed by atoms with E-state index >= 15 is 0 Å². The summed E-state index contributed by atoms with van der Waals surface area (Å²) in [5.74, 6) is 6.70. The number of rotatable bonds is 3. The van der Waals surface area contributed by atoms with E-state index in [0.29, 0.717) is 16.6 Å². The van der Waals surface area contributed by atoms with Gasteiger partial charge >= 0.3 is 0 Å². The van der Waals surface area contributed by atoms with Gasteiger partial charge in [-0.2, -0.15) is 5.10 Å². The molecule has 10 heteroatoms. The monoisotopic (exact) mass is 316 g/mol. The Morgan fingerprint density at radius 1 is 1.29 bits per heavy atom. The molecule has 4 aromatic heterocycles. The van der Waals surface area contributed by atoms with Gasteiger partial charge in [-0.25, -0.2) is 14.6 Å². The molecule has 0 bridgehead atoms. The number of aromatic amines is 1. The molecule has 0 spiro atoms. The van der Waals surface area contributed by atoms with Gasteiger partial charge < -0.3 is 5.84 Å². The van der Waals surface area contributed by atoms with Crippen molar-refractivity contribution in [2.75, 3.05) is 5.84 Å². The SMILES string of the molecule is Nn1c(Sc2ncnc3[nH]ncc23)nnc1-c1cccs1. The van der Waals surface area contributed by atoms with Crippen molar-refractivity contribution in [1.82, 2.24) is 35.0 Å². The fourth-order valence-electron chi connectivity index (χ4n) is 1.83. The van der Waals surface area contributed by atoms with Crippen molar-refractivity contribution in [2.45, 2.75) is 10.2 Å². The van der Waals surface area contributed by atoms with Crippen LogP contribution in [-0.2, 0) is 0 Å². The fourth-order valence-corrected chi connectivity index (χ4v) is 3.34. The average Bonchev–Trinajstić information content (AvgIpc) is 3.21. The van der Waals surface area contributed by atoms with E-state index in [1.807, 2.05) is 17.5 Å². The van der Waals surface area contributed by atoms with Crippen LogP contribution in [0.15, 0.2) is 40.2 Å². The highest BCUT2D eigenvalue weighted by atomic mass is 32.2. The number of hydrogen-bond donors (Lipinski definition) is 2. The third kappa shape index (κ3) is 2.04. The lowest BCUT2D eigenvalue weighted by atomic mass is 10.4. The minimum atomic E-state index is 0.555. The van der Waals surface area contributed by atoms with Crippen LogP contribution < -0.4 is 5.84 Å². The van der Waals surface area contributed by atoms with Crippen LogP contribution in [0.1, 0.15) is 0 Å². The van der Waals surface area contributed by atoms with Gasteiger partial charge in [0.2, 0.25) is 5.16 Å².